The molecule has 0 bridgehead atoms. The van der Waals surface area contributed by atoms with Gasteiger partial charge in [-0.15, -0.1) is 0 Å². The summed E-state index contributed by atoms with van der Waals surface area (Å²) in [7, 11) is 0. The first-order valence-corrected chi connectivity index (χ1v) is 4.15. The summed E-state index contributed by atoms with van der Waals surface area (Å²) < 4.78 is 0. The van der Waals surface area contributed by atoms with Crippen LogP contribution in [0.4, 0.5) is 0 Å². The maximum atomic E-state index is 11.0. The first-order chi connectivity index (χ1) is 6.47. The molecule has 0 fully saturated rings. The normalized spacial score (nSPS) is 11.9. The Kier molecular flexibility index (Phi) is 5.66. The quantitative estimate of drug-likeness (QED) is 0.292. The van der Waals surface area contributed by atoms with Gasteiger partial charge in [-0.2, -0.15) is 0 Å². The zero-order valence-corrected chi connectivity index (χ0v) is 8.16. The zero-order chi connectivity index (χ0) is 11.1. The molecule has 6 heteroatoms. The van der Waals surface area contributed by atoms with Crippen LogP contribution in [0.3, 0.4) is 0 Å². The van der Waals surface area contributed by atoms with Gasteiger partial charge in [0.25, 0.3) is 5.91 Å². The van der Waals surface area contributed by atoms with Crippen LogP contribution >= 0.6 is 0 Å². The Hall–Kier alpha value is -1.27. The molecular weight excluding hydrogens is 188 g/mol. The van der Waals surface area contributed by atoms with E-state index in [0.29, 0.717) is 0 Å². The number of hydrogen-bond donors (Lipinski definition) is 3. The van der Waals surface area contributed by atoms with Crippen molar-refractivity contribution in [2.75, 3.05) is 6.54 Å². The molecule has 1 atom stereocenters. The molecule has 0 aliphatic carbocycles. The number of hydroxylamine groups is 1. The molecule has 0 saturated carbocycles. The van der Waals surface area contributed by atoms with E-state index in [1.165, 1.54) is 12.4 Å². The average molecular weight is 202 g/mol. The summed E-state index contributed by atoms with van der Waals surface area (Å²) in [6.45, 7) is 2.97. The third-order valence-corrected chi connectivity index (χ3v) is 1.70. The van der Waals surface area contributed by atoms with Crippen molar-refractivity contribution in [3.8, 4) is 0 Å². The Labute approximate surface area is 81.6 Å². The maximum absolute atomic E-state index is 11.0. The number of carbonyl (C=O) groups excluding carboxylic acids is 3. The van der Waals surface area contributed by atoms with Crippen molar-refractivity contribution in [1.82, 2.24) is 10.8 Å². The minimum Gasteiger partial charge on any atom is -0.301 e. The highest BCUT2D eigenvalue weighted by Crippen LogP contribution is 1.86. The van der Waals surface area contributed by atoms with Crippen molar-refractivity contribution in [3.63, 3.8) is 0 Å². The van der Waals surface area contributed by atoms with E-state index < -0.39 is 18.4 Å². The SMILES string of the molecule is CC(=O)[C@@H](C)NCC(=O)CC(=O)NO. The van der Waals surface area contributed by atoms with Crippen LogP contribution in [0.2, 0.25) is 0 Å². The summed E-state index contributed by atoms with van der Waals surface area (Å²) in [6, 6.07) is -0.406. The van der Waals surface area contributed by atoms with Crippen LogP contribution in [0.15, 0.2) is 0 Å². The van der Waals surface area contributed by atoms with Gasteiger partial charge in [0.05, 0.1) is 19.0 Å². The monoisotopic (exact) mass is 202 g/mol. The molecule has 0 aromatic heterocycles. The van der Waals surface area contributed by atoms with Gasteiger partial charge in [-0.3, -0.25) is 19.6 Å². The highest BCUT2D eigenvalue weighted by molar-refractivity contribution is 5.98. The molecule has 1 amide bonds. The van der Waals surface area contributed by atoms with Gasteiger partial charge < -0.3 is 5.32 Å². The fraction of sp³-hybridized carbons (Fsp3) is 0.625. The Morgan fingerprint density at radius 1 is 1.36 bits per heavy atom. The molecule has 0 spiro atoms. The highest BCUT2D eigenvalue weighted by atomic mass is 16.5. The lowest BCUT2D eigenvalue weighted by atomic mass is 10.2. The number of nitrogens with one attached hydrogen (secondary N) is 2. The van der Waals surface area contributed by atoms with Crippen molar-refractivity contribution >= 4 is 17.5 Å². The second-order valence-corrected chi connectivity index (χ2v) is 2.96. The lowest BCUT2D eigenvalue weighted by Crippen LogP contribution is -2.37. The van der Waals surface area contributed by atoms with Crippen LogP contribution in [-0.2, 0) is 14.4 Å². The summed E-state index contributed by atoms with van der Waals surface area (Å²) >= 11 is 0. The molecule has 0 aromatic carbocycles. The zero-order valence-electron chi connectivity index (χ0n) is 8.16. The number of carbonyl (C=O) groups is 3. The molecule has 0 aliphatic heterocycles. The largest absolute Gasteiger partial charge is 0.301 e. The summed E-state index contributed by atoms with van der Waals surface area (Å²) in [5.74, 6) is -1.22. The summed E-state index contributed by atoms with van der Waals surface area (Å²) in [6.07, 6.45) is -0.395. The minimum absolute atomic E-state index is 0.0613. The highest BCUT2D eigenvalue weighted by Gasteiger charge is 2.11. The van der Waals surface area contributed by atoms with E-state index in [4.69, 9.17) is 5.21 Å². The summed E-state index contributed by atoms with van der Waals surface area (Å²) in [5.41, 5.74) is 1.35. The van der Waals surface area contributed by atoms with Crippen molar-refractivity contribution in [3.05, 3.63) is 0 Å². The molecule has 0 unspecified atom stereocenters. The topological polar surface area (TPSA) is 95.5 Å². The Balaban J connectivity index is 3.74. The Bertz CT molecular complexity index is 239. The van der Waals surface area contributed by atoms with Gasteiger partial charge >= 0.3 is 0 Å². The first-order valence-electron chi connectivity index (χ1n) is 4.15. The smallest absolute Gasteiger partial charge is 0.250 e. The van der Waals surface area contributed by atoms with Crippen LogP contribution in [0.5, 0.6) is 0 Å². The number of rotatable bonds is 6. The molecule has 0 rings (SSSR count). The summed E-state index contributed by atoms with van der Waals surface area (Å²) in [4.78, 5) is 32.3. The third-order valence-electron chi connectivity index (χ3n) is 1.70. The molecule has 80 valence electrons. The number of amides is 1. The molecule has 0 radical (unpaired) electrons. The van der Waals surface area contributed by atoms with Gasteiger partial charge in [-0.05, 0) is 13.8 Å². The molecule has 0 aliphatic rings. The van der Waals surface area contributed by atoms with E-state index in [-0.39, 0.29) is 18.1 Å². The van der Waals surface area contributed by atoms with Gasteiger partial charge in [0.2, 0.25) is 0 Å². The van der Waals surface area contributed by atoms with Crippen LogP contribution in [-0.4, -0.2) is 35.3 Å². The molecule has 0 saturated heterocycles. The van der Waals surface area contributed by atoms with E-state index in [1.807, 2.05) is 0 Å². The number of hydrogen-bond acceptors (Lipinski definition) is 5. The van der Waals surface area contributed by atoms with Crippen LogP contribution in [0.1, 0.15) is 20.3 Å². The van der Waals surface area contributed by atoms with E-state index in [0.717, 1.165) is 0 Å². The number of ketones is 2. The Morgan fingerprint density at radius 3 is 2.36 bits per heavy atom. The molecule has 6 nitrogen and oxygen atoms in total. The molecule has 0 aromatic rings. The lowest BCUT2D eigenvalue weighted by molar-refractivity contribution is -0.133. The predicted octanol–water partition coefficient (Wildman–Crippen LogP) is -0.982. The lowest BCUT2D eigenvalue weighted by Gasteiger charge is -2.08. The maximum Gasteiger partial charge on any atom is 0.250 e. The second-order valence-electron chi connectivity index (χ2n) is 2.96. The summed E-state index contributed by atoms with van der Waals surface area (Å²) in [5, 5.41) is 10.8. The standard InChI is InChI=1S/C8H14N2O4/c1-5(6(2)11)9-4-7(12)3-8(13)10-14/h5,9,14H,3-4H2,1-2H3,(H,10,13)/t5-/m1/s1. The van der Waals surface area contributed by atoms with Crippen LogP contribution in [0.25, 0.3) is 0 Å². The van der Waals surface area contributed by atoms with E-state index in [9.17, 15) is 14.4 Å². The van der Waals surface area contributed by atoms with Gasteiger partial charge in [-0.25, -0.2) is 5.48 Å². The van der Waals surface area contributed by atoms with Crippen molar-refractivity contribution in [1.29, 1.82) is 0 Å². The van der Waals surface area contributed by atoms with Gasteiger partial charge in [0.1, 0.15) is 5.78 Å². The third kappa shape index (κ3) is 5.39. The van der Waals surface area contributed by atoms with Gasteiger partial charge in [-0.1, -0.05) is 0 Å². The molecule has 0 heterocycles. The van der Waals surface area contributed by atoms with E-state index >= 15 is 0 Å². The van der Waals surface area contributed by atoms with E-state index in [1.54, 1.807) is 6.92 Å². The van der Waals surface area contributed by atoms with E-state index in [2.05, 4.69) is 5.32 Å². The van der Waals surface area contributed by atoms with Crippen molar-refractivity contribution in [2.24, 2.45) is 0 Å². The van der Waals surface area contributed by atoms with Crippen molar-refractivity contribution in [2.45, 2.75) is 26.3 Å². The minimum atomic E-state index is -0.757. The Morgan fingerprint density at radius 2 is 1.93 bits per heavy atom. The second kappa shape index (κ2) is 6.22. The first kappa shape index (κ1) is 12.7. The van der Waals surface area contributed by atoms with Crippen molar-refractivity contribution < 1.29 is 19.6 Å². The molecule has 14 heavy (non-hydrogen) atoms. The average Bonchev–Trinajstić information content (AvgIpc) is 2.13. The predicted molar refractivity (Wildman–Crippen MR) is 47.7 cm³/mol. The fourth-order valence-electron chi connectivity index (χ4n) is 0.692. The van der Waals surface area contributed by atoms with Crippen LogP contribution in [0, 0.1) is 0 Å². The fourth-order valence-corrected chi connectivity index (χ4v) is 0.692. The van der Waals surface area contributed by atoms with Gasteiger partial charge in [0, 0.05) is 0 Å². The van der Waals surface area contributed by atoms with Gasteiger partial charge in [0.15, 0.2) is 5.78 Å². The molecular formula is C8H14N2O4. The molecule has 3 N–H and O–H groups in total. The number of Topliss-reactive ketones (excluding diaryl/α,β-unsaturated/α-hetero) is 2. The van der Waals surface area contributed by atoms with Crippen LogP contribution < -0.4 is 10.8 Å².